The molecule has 0 spiro atoms. The average molecular weight is 331 g/mol. The van der Waals surface area contributed by atoms with E-state index in [0.29, 0.717) is 11.5 Å². The molecule has 2 atom stereocenters. The number of benzene rings is 1. The predicted octanol–water partition coefficient (Wildman–Crippen LogP) is 3.16. The van der Waals surface area contributed by atoms with E-state index in [1.165, 1.54) is 5.56 Å². The summed E-state index contributed by atoms with van der Waals surface area (Å²) >= 11 is 3.62. The Labute approximate surface area is 118 Å². The molecular formula is C14H19BrO2S. The fourth-order valence-electron chi connectivity index (χ4n) is 3.01. The Kier molecular flexibility index (Phi) is 4.17. The third kappa shape index (κ3) is 2.50. The van der Waals surface area contributed by atoms with Gasteiger partial charge in [0.1, 0.15) is 0 Å². The van der Waals surface area contributed by atoms with E-state index >= 15 is 0 Å². The van der Waals surface area contributed by atoms with Crippen molar-refractivity contribution in [2.75, 3.05) is 16.8 Å². The van der Waals surface area contributed by atoms with Crippen molar-refractivity contribution in [1.82, 2.24) is 0 Å². The highest BCUT2D eigenvalue weighted by atomic mass is 79.9. The minimum atomic E-state index is -2.83. The molecule has 0 aromatic heterocycles. The van der Waals surface area contributed by atoms with Crippen LogP contribution in [-0.4, -0.2) is 25.3 Å². The summed E-state index contributed by atoms with van der Waals surface area (Å²) in [5, 5.41) is 0.820. The van der Waals surface area contributed by atoms with Crippen molar-refractivity contribution in [3.05, 3.63) is 35.9 Å². The number of hydrogen-bond donors (Lipinski definition) is 0. The van der Waals surface area contributed by atoms with Gasteiger partial charge < -0.3 is 0 Å². The Balaban J connectivity index is 2.39. The highest BCUT2D eigenvalue weighted by Crippen LogP contribution is 2.42. The van der Waals surface area contributed by atoms with Gasteiger partial charge in [0.25, 0.3) is 0 Å². The van der Waals surface area contributed by atoms with Gasteiger partial charge in [0.2, 0.25) is 0 Å². The highest BCUT2D eigenvalue weighted by molar-refractivity contribution is 9.09. The zero-order valence-corrected chi connectivity index (χ0v) is 13.0. The van der Waals surface area contributed by atoms with Crippen molar-refractivity contribution < 1.29 is 8.42 Å². The van der Waals surface area contributed by atoms with Crippen molar-refractivity contribution in [3.63, 3.8) is 0 Å². The van der Waals surface area contributed by atoms with E-state index in [9.17, 15) is 8.42 Å². The number of sulfone groups is 1. The van der Waals surface area contributed by atoms with Crippen LogP contribution in [0.1, 0.15) is 25.3 Å². The lowest BCUT2D eigenvalue weighted by molar-refractivity contribution is 0.318. The van der Waals surface area contributed by atoms with Crippen molar-refractivity contribution in [2.24, 2.45) is 5.92 Å². The SMILES string of the molecule is CCC(CBr)(c1ccccc1)C1CCS(=O)(=O)C1. The molecule has 0 radical (unpaired) electrons. The zero-order valence-electron chi connectivity index (χ0n) is 10.6. The monoisotopic (exact) mass is 330 g/mol. The molecule has 1 aliphatic heterocycles. The van der Waals surface area contributed by atoms with Gasteiger partial charge in [-0.2, -0.15) is 0 Å². The number of rotatable bonds is 4. The molecule has 2 nitrogen and oxygen atoms in total. The van der Waals surface area contributed by atoms with E-state index < -0.39 is 9.84 Å². The molecule has 0 amide bonds. The lowest BCUT2D eigenvalue weighted by Crippen LogP contribution is -2.37. The summed E-state index contributed by atoms with van der Waals surface area (Å²) in [6.07, 6.45) is 1.75. The molecule has 1 saturated heterocycles. The molecule has 0 aliphatic carbocycles. The Bertz CT molecular complexity index is 492. The van der Waals surface area contributed by atoms with Gasteiger partial charge in [-0.1, -0.05) is 53.2 Å². The van der Waals surface area contributed by atoms with Crippen LogP contribution < -0.4 is 0 Å². The van der Waals surface area contributed by atoms with Crippen molar-refractivity contribution >= 4 is 25.8 Å². The molecular weight excluding hydrogens is 312 g/mol. The maximum Gasteiger partial charge on any atom is 0.150 e. The average Bonchev–Trinajstić information content (AvgIpc) is 2.74. The normalized spacial score (nSPS) is 25.8. The first kappa shape index (κ1) is 14.1. The molecule has 1 aromatic carbocycles. The molecule has 1 aliphatic rings. The summed E-state index contributed by atoms with van der Waals surface area (Å²) in [5.74, 6) is 0.912. The molecule has 0 saturated carbocycles. The van der Waals surface area contributed by atoms with Gasteiger partial charge >= 0.3 is 0 Å². The molecule has 1 fully saturated rings. The standard InChI is InChI=1S/C14H19BrO2S/c1-2-14(11-15,12-6-4-3-5-7-12)13-8-9-18(16,17)10-13/h3-7,13H,2,8-11H2,1H3. The lowest BCUT2D eigenvalue weighted by atomic mass is 9.70. The largest absolute Gasteiger partial charge is 0.229 e. The summed E-state index contributed by atoms with van der Waals surface area (Å²) in [5.41, 5.74) is 1.21. The van der Waals surface area contributed by atoms with E-state index in [2.05, 4.69) is 35.0 Å². The zero-order chi connectivity index (χ0) is 13.2. The predicted molar refractivity (Wildman–Crippen MR) is 79.0 cm³/mol. The van der Waals surface area contributed by atoms with Crippen molar-refractivity contribution in [3.8, 4) is 0 Å². The first-order valence-electron chi connectivity index (χ1n) is 6.36. The van der Waals surface area contributed by atoms with Crippen molar-refractivity contribution in [2.45, 2.75) is 25.2 Å². The summed E-state index contributed by atoms with van der Waals surface area (Å²) < 4.78 is 23.5. The van der Waals surface area contributed by atoms with Gasteiger partial charge in [-0.25, -0.2) is 8.42 Å². The van der Waals surface area contributed by atoms with Crippen LogP contribution in [0, 0.1) is 5.92 Å². The highest BCUT2D eigenvalue weighted by Gasteiger charge is 2.43. The number of hydrogen-bond acceptors (Lipinski definition) is 2. The number of halogens is 1. The fourth-order valence-corrected chi connectivity index (χ4v) is 6.10. The van der Waals surface area contributed by atoms with E-state index in [1.807, 2.05) is 18.2 Å². The topological polar surface area (TPSA) is 34.1 Å². The number of alkyl halides is 1. The third-order valence-electron chi connectivity index (χ3n) is 4.23. The van der Waals surface area contributed by atoms with E-state index in [0.717, 1.165) is 18.2 Å². The van der Waals surface area contributed by atoms with Gasteiger partial charge in [0, 0.05) is 10.7 Å². The van der Waals surface area contributed by atoms with Crippen LogP contribution in [0.15, 0.2) is 30.3 Å². The molecule has 1 aromatic rings. The van der Waals surface area contributed by atoms with Crippen molar-refractivity contribution in [1.29, 1.82) is 0 Å². The molecule has 2 unspecified atom stereocenters. The van der Waals surface area contributed by atoms with Crippen LogP contribution in [-0.2, 0) is 15.3 Å². The summed E-state index contributed by atoms with van der Waals surface area (Å²) in [6.45, 7) is 2.15. The van der Waals surface area contributed by atoms with Gasteiger partial charge in [0.15, 0.2) is 9.84 Å². The van der Waals surface area contributed by atoms with Crippen LogP contribution >= 0.6 is 15.9 Å². The van der Waals surface area contributed by atoms with Crippen LogP contribution in [0.25, 0.3) is 0 Å². The Morgan fingerprint density at radius 3 is 2.44 bits per heavy atom. The van der Waals surface area contributed by atoms with E-state index in [1.54, 1.807) is 0 Å². The maximum atomic E-state index is 11.7. The second-order valence-electron chi connectivity index (χ2n) is 5.11. The fraction of sp³-hybridized carbons (Fsp3) is 0.571. The lowest BCUT2D eigenvalue weighted by Gasteiger charge is -2.37. The van der Waals surface area contributed by atoms with E-state index in [4.69, 9.17) is 0 Å². The molecule has 2 rings (SSSR count). The second-order valence-corrected chi connectivity index (χ2v) is 7.90. The van der Waals surface area contributed by atoms with Crippen LogP contribution in [0.4, 0.5) is 0 Å². The first-order valence-corrected chi connectivity index (χ1v) is 9.30. The molecule has 100 valence electrons. The Hall–Kier alpha value is -0.350. The van der Waals surface area contributed by atoms with Crippen LogP contribution in [0.2, 0.25) is 0 Å². The summed E-state index contributed by atoms with van der Waals surface area (Å²) in [7, 11) is -2.83. The van der Waals surface area contributed by atoms with Gasteiger partial charge in [-0.3, -0.25) is 0 Å². The molecule has 0 N–H and O–H groups in total. The molecule has 4 heteroatoms. The smallest absolute Gasteiger partial charge is 0.150 e. The summed E-state index contributed by atoms with van der Waals surface area (Å²) in [4.78, 5) is 0. The minimum absolute atomic E-state index is 0.0508. The van der Waals surface area contributed by atoms with E-state index in [-0.39, 0.29) is 11.3 Å². The molecule has 1 heterocycles. The molecule has 0 bridgehead atoms. The minimum Gasteiger partial charge on any atom is -0.229 e. The van der Waals surface area contributed by atoms with Gasteiger partial charge in [-0.05, 0) is 24.3 Å². The maximum absolute atomic E-state index is 11.7. The Morgan fingerprint density at radius 2 is 2.00 bits per heavy atom. The second kappa shape index (κ2) is 5.33. The third-order valence-corrected chi connectivity index (χ3v) is 7.00. The Morgan fingerprint density at radius 1 is 1.33 bits per heavy atom. The quantitative estimate of drug-likeness (QED) is 0.794. The van der Waals surface area contributed by atoms with Gasteiger partial charge in [-0.15, -0.1) is 0 Å². The summed E-state index contributed by atoms with van der Waals surface area (Å²) in [6, 6.07) is 10.3. The first-order chi connectivity index (χ1) is 8.54. The van der Waals surface area contributed by atoms with Gasteiger partial charge in [0.05, 0.1) is 11.5 Å². The van der Waals surface area contributed by atoms with Crippen LogP contribution in [0.3, 0.4) is 0 Å². The molecule has 18 heavy (non-hydrogen) atoms. The van der Waals surface area contributed by atoms with Crippen LogP contribution in [0.5, 0.6) is 0 Å².